The molecule has 0 N–H and O–H groups in total. The third-order valence-corrected chi connectivity index (χ3v) is 2.39. The molecule has 1 rings (SSSR count). The zero-order valence-corrected chi connectivity index (χ0v) is 5.69. The molecule has 0 radical (unpaired) electrons. The fourth-order valence-corrected chi connectivity index (χ4v) is 1.85. The van der Waals surface area contributed by atoms with E-state index in [1.165, 1.54) is 0 Å². The number of nitro groups is 1. The number of nitrogens with zero attached hydrogens (tertiary/aromatic N) is 2. The summed E-state index contributed by atoms with van der Waals surface area (Å²) < 4.78 is 0. The van der Waals surface area contributed by atoms with E-state index in [0.717, 1.165) is 0 Å². The standard InChI is InChI=1S/C3H4N2O2Se/c6-5(7)3-1-8-2-4-3/h2-3H,1H2. The van der Waals surface area contributed by atoms with Crippen LogP contribution in [-0.4, -0.2) is 31.2 Å². The monoisotopic (exact) mass is 180 g/mol. The van der Waals surface area contributed by atoms with Gasteiger partial charge in [-0.2, -0.15) is 0 Å². The van der Waals surface area contributed by atoms with Crippen LogP contribution >= 0.6 is 0 Å². The van der Waals surface area contributed by atoms with Crippen molar-refractivity contribution in [3.63, 3.8) is 0 Å². The second kappa shape index (κ2) is 2.24. The van der Waals surface area contributed by atoms with E-state index in [0.29, 0.717) is 5.32 Å². The van der Waals surface area contributed by atoms with Gasteiger partial charge in [-0.1, -0.05) is 0 Å². The van der Waals surface area contributed by atoms with Gasteiger partial charge in [0.25, 0.3) is 0 Å². The third-order valence-electron chi connectivity index (χ3n) is 0.796. The predicted octanol–water partition coefficient (Wildman–Crippen LogP) is -0.246. The average molecular weight is 179 g/mol. The summed E-state index contributed by atoms with van der Waals surface area (Å²) in [7, 11) is 0. The molecule has 1 aliphatic heterocycles. The molecule has 0 aromatic carbocycles. The van der Waals surface area contributed by atoms with Gasteiger partial charge in [-0.25, -0.2) is 0 Å². The number of aliphatic imine (C=N–C) groups is 1. The van der Waals surface area contributed by atoms with Gasteiger partial charge in [0.1, 0.15) is 0 Å². The summed E-state index contributed by atoms with van der Waals surface area (Å²) in [4.78, 5) is 13.2. The molecule has 1 atom stereocenters. The first-order chi connectivity index (χ1) is 3.80. The molecule has 0 saturated carbocycles. The van der Waals surface area contributed by atoms with Crippen LogP contribution in [0.5, 0.6) is 0 Å². The van der Waals surface area contributed by atoms with Crippen molar-refractivity contribution >= 4 is 20.1 Å². The maximum absolute atomic E-state index is 9.90. The molecule has 0 amide bonds. The molecule has 0 fully saturated rings. The first kappa shape index (κ1) is 5.72. The van der Waals surface area contributed by atoms with Gasteiger partial charge >= 0.3 is 51.6 Å². The van der Waals surface area contributed by atoms with Crippen molar-refractivity contribution in [1.82, 2.24) is 0 Å². The Hall–Kier alpha value is -0.411. The fraction of sp³-hybridized carbons (Fsp3) is 0.667. The van der Waals surface area contributed by atoms with E-state index >= 15 is 0 Å². The molecular formula is C3H4N2O2Se. The molecule has 0 saturated heterocycles. The van der Waals surface area contributed by atoms with Crippen molar-refractivity contribution < 1.29 is 4.92 Å². The fourth-order valence-electron chi connectivity index (χ4n) is 0.401. The summed E-state index contributed by atoms with van der Waals surface area (Å²) in [6.45, 7) is 0. The number of hydrogen-bond donors (Lipinski definition) is 0. The van der Waals surface area contributed by atoms with E-state index in [-0.39, 0.29) is 19.9 Å². The van der Waals surface area contributed by atoms with Crippen LogP contribution in [0.4, 0.5) is 0 Å². The predicted molar refractivity (Wildman–Crippen MR) is 29.8 cm³/mol. The van der Waals surface area contributed by atoms with Crippen molar-refractivity contribution in [2.75, 3.05) is 0 Å². The quantitative estimate of drug-likeness (QED) is 0.316. The van der Waals surface area contributed by atoms with Crippen molar-refractivity contribution in [2.45, 2.75) is 11.5 Å². The number of hydrogen-bond acceptors (Lipinski definition) is 3. The van der Waals surface area contributed by atoms with Gasteiger partial charge in [-0.15, -0.1) is 0 Å². The summed E-state index contributed by atoms with van der Waals surface area (Å²) in [6, 6.07) is 0. The Morgan fingerprint density at radius 2 is 2.75 bits per heavy atom. The average Bonchev–Trinajstić information content (AvgIpc) is 2.12. The summed E-state index contributed by atoms with van der Waals surface area (Å²) >= 11 is 0.289. The van der Waals surface area contributed by atoms with Gasteiger partial charge in [-0.05, 0) is 0 Å². The molecule has 8 heavy (non-hydrogen) atoms. The molecule has 44 valence electrons. The van der Waals surface area contributed by atoms with E-state index in [9.17, 15) is 10.1 Å². The van der Waals surface area contributed by atoms with Crippen molar-refractivity contribution in [3.8, 4) is 0 Å². The summed E-state index contributed by atoms with van der Waals surface area (Å²) in [6.07, 6.45) is -0.616. The second-order valence-corrected chi connectivity index (χ2v) is 3.19. The molecule has 0 aromatic rings. The SMILES string of the molecule is O=[N+]([O-])C1C[Se]C=N1. The molecule has 1 unspecified atom stereocenters. The Balaban J connectivity index is 2.48. The Bertz CT molecular complexity index is 135. The van der Waals surface area contributed by atoms with E-state index in [1.54, 1.807) is 5.11 Å². The third kappa shape index (κ3) is 1.05. The van der Waals surface area contributed by atoms with Crippen molar-refractivity contribution in [1.29, 1.82) is 0 Å². The summed E-state index contributed by atoms with van der Waals surface area (Å²) in [5.74, 6) is 0. The molecule has 0 spiro atoms. The summed E-state index contributed by atoms with van der Waals surface area (Å²) in [5.41, 5.74) is 0. The second-order valence-electron chi connectivity index (χ2n) is 1.35. The van der Waals surface area contributed by atoms with Gasteiger partial charge in [-0.3, -0.25) is 0 Å². The van der Waals surface area contributed by atoms with Gasteiger partial charge in [0.2, 0.25) is 0 Å². The first-order valence-corrected chi connectivity index (χ1v) is 4.27. The molecule has 0 aromatic heterocycles. The van der Waals surface area contributed by atoms with Crippen LogP contribution in [-0.2, 0) is 0 Å². The van der Waals surface area contributed by atoms with Crippen LogP contribution in [0.2, 0.25) is 5.32 Å². The molecule has 0 aliphatic carbocycles. The van der Waals surface area contributed by atoms with Crippen LogP contribution in [0.1, 0.15) is 0 Å². The minimum absolute atomic E-state index is 0.289. The normalized spacial score (nSPS) is 26.2. The van der Waals surface area contributed by atoms with E-state index in [1.807, 2.05) is 0 Å². The van der Waals surface area contributed by atoms with E-state index in [2.05, 4.69) is 4.99 Å². The molecule has 1 aliphatic rings. The Morgan fingerprint density at radius 1 is 2.00 bits per heavy atom. The van der Waals surface area contributed by atoms with Crippen LogP contribution < -0.4 is 0 Å². The van der Waals surface area contributed by atoms with Crippen LogP contribution in [0, 0.1) is 10.1 Å². The minimum atomic E-state index is -0.616. The Kier molecular flexibility index (Phi) is 1.60. The van der Waals surface area contributed by atoms with Gasteiger partial charge < -0.3 is 0 Å². The van der Waals surface area contributed by atoms with Crippen LogP contribution in [0.3, 0.4) is 0 Å². The van der Waals surface area contributed by atoms with Crippen LogP contribution in [0.15, 0.2) is 4.99 Å². The molecule has 4 nitrogen and oxygen atoms in total. The number of rotatable bonds is 1. The van der Waals surface area contributed by atoms with Crippen molar-refractivity contribution in [3.05, 3.63) is 10.1 Å². The zero-order valence-electron chi connectivity index (χ0n) is 3.98. The molecule has 5 heteroatoms. The van der Waals surface area contributed by atoms with E-state index < -0.39 is 6.17 Å². The molecule has 0 bridgehead atoms. The topological polar surface area (TPSA) is 55.5 Å². The summed E-state index contributed by atoms with van der Waals surface area (Å²) in [5, 5.41) is 12.2. The van der Waals surface area contributed by atoms with Gasteiger partial charge in [0.05, 0.1) is 0 Å². The van der Waals surface area contributed by atoms with Gasteiger partial charge in [0, 0.05) is 0 Å². The zero-order chi connectivity index (χ0) is 5.98. The first-order valence-electron chi connectivity index (χ1n) is 2.07. The Morgan fingerprint density at radius 3 is 3.00 bits per heavy atom. The van der Waals surface area contributed by atoms with E-state index in [4.69, 9.17) is 0 Å². The van der Waals surface area contributed by atoms with Crippen LogP contribution in [0.25, 0.3) is 0 Å². The Labute approximate surface area is 52.3 Å². The molecular weight excluding hydrogens is 175 g/mol. The van der Waals surface area contributed by atoms with Crippen molar-refractivity contribution in [2.24, 2.45) is 4.99 Å². The molecule has 1 heterocycles. The maximum atomic E-state index is 9.90. The van der Waals surface area contributed by atoms with Gasteiger partial charge in [0.15, 0.2) is 0 Å².